The minimum atomic E-state index is -2.61. The summed E-state index contributed by atoms with van der Waals surface area (Å²) in [7, 11) is 0. The third-order valence-electron chi connectivity index (χ3n) is 23.7. The van der Waals surface area contributed by atoms with E-state index >= 15 is 0 Å². The lowest BCUT2D eigenvalue weighted by Gasteiger charge is -2.53. The molecule has 125 heavy (non-hydrogen) atoms. The Labute approximate surface area is 707 Å². The van der Waals surface area contributed by atoms with E-state index in [1.54, 1.807) is 0 Å². The minimum absolute atomic E-state index is 0.864. The number of ether oxygens (including phenoxy) is 21. The van der Waals surface area contributed by atoms with Crippen LogP contribution in [0, 0.1) is 0 Å². The van der Waals surface area contributed by atoms with Gasteiger partial charge in [0.2, 0.25) is 11.8 Å². The highest BCUT2D eigenvalue weighted by Crippen LogP contribution is 2.43. The van der Waals surface area contributed by atoms with Crippen LogP contribution >= 0.6 is 0 Å². The number of hydrogen-bond acceptors (Lipinski definition) is 53. The average molecular weight is 1840 g/mol. The van der Waals surface area contributed by atoms with Gasteiger partial charge in [-0.25, -0.2) is 0 Å². The van der Waals surface area contributed by atoms with Crippen molar-refractivity contribution in [3.8, 4) is 0 Å². The van der Waals surface area contributed by atoms with Crippen LogP contribution in [0.15, 0.2) is 0 Å². The van der Waals surface area contributed by atoms with Gasteiger partial charge in [-0.3, -0.25) is 9.59 Å². The van der Waals surface area contributed by atoms with Gasteiger partial charge in [-0.2, -0.15) is 0 Å². The van der Waals surface area contributed by atoms with Gasteiger partial charge in [0.25, 0.3) is 0 Å². The first-order valence-electron chi connectivity index (χ1n) is 40.3. The molecular weight excluding hydrogens is 1720 g/mol. The number of aliphatic hydroxyl groups is 30. The summed E-state index contributed by atoms with van der Waals surface area (Å²) in [5, 5.41) is 338. The third-order valence-corrected chi connectivity index (χ3v) is 23.7. The molecule has 0 aromatic rings. The number of aliphatic hydroxyl groups excluding tert-OH is 30. The number of nitrogens with one attached hydrogen (secondary N) is 2. The van der Waals surface area contributed by atoms with E-state index in [1.165, 1.54) is 13.8 Å². The molecule has 0 radical (unpaired) electrons. The van der Waals surface area contributed by atoms with E-state index in [0.717, 1.165) is 20.8 Å². The first-order chi connectivity index (χ1) is 59.1. The Kier molecular flexibility index (Phi) is 36.0. The minimum Gasteiger partial charge on any atom is -0.394 e. The number of carbonyl (C=O) groups excluding carboxylic acids is 2. The Balaban J connectivity index is 0.965. The summed E-state index contributed by atoms with van der Waals surface area (Å²) in [5.41, 5.74) is 0. The van der Waals surface area contributed by atoms with Crippen molar-refractivity contribution in [2.75, 3.05) is 52.9 Å². The average Bonchev–Trinajstić information content (AvgIpc) is 0.752. The number of rotatable bonds is 30. The zero-order chi connectivity index (χ0) is 91.8. The summed E-state index contributed by atoms with van der Waals surface area (Å²) in [6.45, 7) is -3.61. The van der Waals surface area contributed by atoms with Crippen LogP contribution < -0.4 is 10.6 Å². The molecule has 55 heteroatoms. The largest absolute Gasteiger partial charge is 0.394 e. The number of amides is 2. The molecule has 0 bridgehead atoms. The normalized spacial score (nSPS) is 52.6. The molecule has 0 aromatic carbocycles. The molecule has 11 aliphatic rings. The van der Waals surface area contributed by atoms with E-state index in [1.807, 2.05) is 0 Å². The summed E-state index contributed by atoms with van der Waals surface area (Å²) >= 11 is 0. The standard InChI is InChI=1S/C70H118N2O53/c1-14-29(82)35(88)43(96)63(106-14)122-56-27(71-17(4)80)60(104)109-26(13-105-62-48(101)41(94)51(16(3)108-62)117-68-49(102)42(95)52(23(10-77)115-68)118-64-44(97)36(89)31(84)19(6-73)110-64)55(56)119-61-28(72-18(5)81)57(123-70-59(40(93)30(83)15(2)107-70)125-67-47(100)39(92)34(87)22(9-76)113-67)53(24(11-78)114-61)120-69-50(103)58(124-66-46(99)38(91)33(86)21(8-75)112-66)54(25(12-79)116-69)121-65-45(98)37(90)32(85)20(7-74)111-65/h14-16,19-70,73-79,82-104H,6-13H2,1-5H3,(H,71,80)(H,72,81)/t14-,15-,16-,19+,20+,21+,22+,23+,24+,25+,26+,27+,28+,29+,30+,31-,32-,33+,34-,35+,36-,37-,38-,39-,40+,41-,42+,43-,44+,45+,46-,47+,48-,49+,50-,51+,52-,53+,54+,55+,56+,57+,58+,59-,60+,61-,62+,63-,64-,65-,66+,67?,68-,69-,70-/m0/s1. The number of hydrogen-bond donors (Lipinski definition) is 32. The van der Waals surface area contributed by atoms with Crippen LogP contribution in [0.25, 0.3) is 0 Å². The molecule has 2 amide bonds. The van der Waals surface area contributed by atoms with Crippen molar-refractivity contribution in [1.82, 2.24) is 10.6 Å². The fraction of sp³-hybridized carbons (Fsp3) is 0.971. The van der Waals surface area contributed by atoms with Crippen LogP contribution in [0.4, 0.5) is 0 Å². The van der Waals surface area contributed by atoms with Crippen molar-refractivity contribution < 1.29 is 262 Å². The lowest BCUT2D eigenvalue weighted by molar-refractivity contribution is -0.410. The van der Waals surface area contributed by atoms with Crippen molar-refractivity contribution in [2.24, 2.45) is 0 Å². The summed E-state index contributed by atoms with van der Waals surface area (Å²) in [6.07, 6.45) is -111. The van der Waals surface area contributed by atoms with Gasteiger partial charge in [-0.15, -0.1) is 0 Å². The van der Waals surface area contributed by atoms with Crippen LogP contribution in [0.3, 0.4) is 0 Å². The highest BCUT2D eigenvalue weighted by molar-refractivity contribution is 5.73. The second kappa shape index (κ2) is 43.9. The zero-order valence-electron chi connectivity index (χ0n) is 67.2. The molecule has 1 unspecified atom stereocenters. The van der Waals surface area contributed by atoms with Gasteiger partial charge in [0, 0.05) is 13.8 Å². The maximum Gasteiger partial charge on any atom is 0.217 e. The van der Waals surface area contributed by atoms with Crippen molar-refractivity contribution in [3.63, 3.8) is 0 Å². The van der Waals surface area contributed by atoms with Gasteiger partial charge in [0.1, 0.15) is 250 Å². The predicted octanol–water partition coefficient (Wildman–Crippen LogP) is -21.6. The van der Waals surface area contributed by atoms with Gasteiger partial charge in [0.05, 0.1) is 71.2 Å². The second-order valence-electron chi connectivity index (χ2n) is 32.3. The summed E-state index contributed by atoms with van der Waals surface area (Å²) in [4.78, 5) is 27.6. The Morgan fingerprint density at radius 2 is 0.488 bits per heavy atom. The van der Waals surface area contributed by atoms with Crippen LogP contribution in [-0.4, -0.2) is 556 Å². The third kappa shape index (κ3) is 21.8. The van der Waals surface area contributed by atoms with Crippen LogP contribution in [-0.2, 0) is 109 Å². The van der Waals surface area contributed by atoms with Gasteiger partial charge in [-0.05, 0) is 20.8 Å². The Hall–Kier alpha value is -3.10. The monoisotopic (exact) mass is 1830 g/mol. The lowest BCUT2D eigenvalue weighted by Crippen LogP contribution is -2.72. The fourth-order valence-corrected chi connectivity index (χ4v) is 16.5. The molecule has 0 aromatic heterocycles. The van der Waals surface area contributed by atoms with Crippen LogP contribution in [0.5, 0.6) is 0 Å². The Bertz CT molecular complexity index is 3320. The predicted molar refractivity (Wildman–Crippen MR) is 381 cm³/mol. The molecular formula is C70H118N2O53. The summed E-state index contributed by atoms with van der Waals surface area (Å²) in [5.74, 6) is -2.12. The Morgan fingerprint density at radius 1 is 0.224 bits per heavy atom. The Morgan fingerprint density at radius 3 is 0.928 bits per heavy atom. The zero-order valence-corrected chi connectivity index (χ0v) is 67.2. The molecule has 55 nitrogen and oxygen atoms in total. The van der Waals surface area contributed by atoms with E-state index in [4.69, 9.17) is 99.5 Å². The first-order valence-corrected chi connectivity index (χ1v) is 40.3. The maximum absolute atomic E-state index is 14.2. The van der Waals surface area contributed by atoms with Gasteiger partial charge >= 0.3 is 0 Å². The molecule has 11 fully saturated rings. The molecule has 11 heterocycles. The van der Waals surface area contributed by atoms with Gasteiger partial charge < -0.3 is 263 Å². The fourth-order valence-electron chi connectivity index (χ4n) is 16.5. The molecule has 32 N–H and O–H groups in total. The van der Waals surface area contributed by atoms with E-state index in [9.17, 15) is 163 Å². The molecule has 0 aliphatic carbocycles. The van der Waals surface area contributed by atoms with E-state index < -0.39 is 402 Å². The van der Waals surface area contributed by atoms with Crippen molar-refractivity contribution in [2.45, 2.75) is 372 Å². The molecule has 726 valence electrons. The van der Waals surface area contributed by atoms with Gasteiger partial charge in [-0.1, -0.05) is 0 Å². The molecule has 11 aliphatic heterocycles. The molecule has 11 rings (SSSR count). The highest BCUT2D eigenvalue weighted by atomic mass is 16.8. The lowest BCUT2D eigenvalue weighted by atomic mass is 9.92. The highest BCUT2D eigenvalue weighted by Gasteiger charge is 2.63. The maximum atomic E-state index is 14.2. The van der Waals surface area contributed by atoms with E-state index in [2.05, 4.69) is 10.6 Å². The number of carbonyl (C=O) groups is 2. The first kappa shape index (κ1) is 102. The molecule has 11 saturated heterocycles. The van der Waals surface area contributed by atoms with Crippen LogP contribution in [0.1, 0.15) is 34.6 Å². The quantitative estimate of drug-likeness (QED) is 0.0318. The van der Waals surface area contributed by atoms with Crippen molar-refractivity contribution in [1.29, 1.82) is 0 Å². The smallest absolute Gasteiger partial charge is 0.217 e. The molecule has 55 atom stereocenters. The topological polar surface area (TPSA) is 859 Å². The van der Waals surface area contributed by atoms with Crippen molar-refractivity contribution in [3.05, 3.63) is 0 Å². The molecule has 0 saturated carbocycles. The summed E-state index contributed by atoms with van der Waals surface area (Å²) < 4.78 is 127. The van der Waals surface area contributed by atoms with Crippen molar-refractivity contribution >= 4 is 11.8 Å². The van der Waals surface area contributed by atoms with Crippen LogP contribution in [0.2, 0.25) is 0 Å². The SMILES string of the molecule is CC(=O)N[C@@H]1[C@@H](O[C@@H]2O[C@@H](C)[C@@H](O)[C@@H](O)[C@@H]2O)[C@H](O[C@@H]2O[C@H](CO)[C@@H](O[C@@H]3O[C@H](CO)[C@@H](O[C@@H]4O[C@H](CO)[C@H](O)[C@H](O)[C@H]4O)[C@H](O[C@H]4O[C@H](CO)[C@@H](O)[C@H](O)[C@@H]4O)[C@@H]3O)[C@H](O[C@@H]3O[C@@H](C)[C@@H](O)[C@@H](O)[C@@H]3OC3O[C@H](CO)[C@H](O)[C@H](O)[C@H]3O)[C@H]2NC(C)=O)[C@@H](CO[C@@H]2O[C@@H](C)[C@@H](O[C@@H]3O[C@H](CO)[C@H](O[C@@H]4O[C@H](CO)[C@H](O)[C@H](O)[C@H]4O)[C@H](O)[C@H]3O)[C@@H](O)[C@@H]2O)O[C@H]1O. The second-order valence-corrected chi connectivity index (χ2v) is 32.3. The van der Waals surface area contributed by atoms with E-state index in [0.29, 0.717) is 0 Å². The summed E-state index contributed by atoms with van der Waals surface area (Å²) in [6, 6.07) is -4.29. The van der Waals surface area contributed by atoms with Gasteiger partial charge in [0.15, 0.2) is 69.2 Å². The van der Waals surface area contributed by atoms with E-state index in [-0.39, 0.29) is 0 Å². The molecule has 0 spiro atoms.